The Balaban J connectivity index is 3.54. The molecule has 8 nitrogen and oxygen atoms in total. The number of hydrogen-bond donors (Lipinski definition) is 2. The van der Waals surface area contributed by atoms with E-state index >= 15 is 0 Å². The molecule has 0 aromatic carbocycles. The van der Waals surface area contributed by atoms with Gasteiger partial charge in [0, 0.05) is 25.0 Å². The van der Waals surface area contributed by atoms with Gasteiger partial charge in [0.15, 0.2) is 0 Å². The number of carboxylic acid groups (broad SMARTS) is 2. The molecule has 0 saturated carbocycles. The third-order valence-corrected chi connectivity index (χ3v) is 1.97. The summed E-state index contributed by atoms with van der Waals surface area (Å²) in [7, 11) is 0. The zero-order valence-electron chi connectivity index (χ0n) is 10.7. The van der Waals surface area contributed by atoms with E-state index in [4.69, 9.17) is 14.9 Å². The number of esters is 2. The third kappa shape index (κ3) is 12.1. The van der Waals surface area contributed by atoms with E-state index in [-0.39, 0.29) is 26.1 Å². The molecule has 8 heteroatoms. The Morgan fingerprint density at radius 2 is 1.45 bits per heavy atom. The third-order valence-electron chi connectivity index (χ3n) is 1.97. The molecule has 112 valence electrons. The molecule has 2 N–H and O–H groups in total. The van der Waals surface area contributed by atoms with Gasteiger partial charge in [-0.2, -0.15) is 0 Å². The van der Waals surface area contributed by atoms with Gasteiger partial charge in [-0.15, -0.1) is 0 Å². The Morgan fingerprint density at radius 3 is 2.05 bits per heavy atom. The van der Waals surface area contributed by atoms with Gasteiger partial charge >= 0.3 is 23.9 Å². The lowest BCUT2D eigenvalue weighted by molar-refractivity contribution is -0.149. The topological polar surface area (TPSA) is 127 Å². The maximum atomic E-state index is 11.1. The van der Waals surface area contributed by atoms with Crippen molar-refractivity contribution in [2.45, 2.75) is 25.7 Å². The zero-order chi connectivity index (χ0) is 15.4. The summed E-state index contributed by atoms with van der Waals surface area (Å²) in [6, 6.07) is 0. The van der Waals surface area contributed by atoms with E-state index in [1.807, 2.05) is 0 Å². The molecule has 20 heavy (non-hydrogen) atoms. The van der Waals surface area contributed by atoms with E-state index in [2.05, 4.69) is 4.74 Å². The van der Waals surface area contributed by atoms with Gasteiger partial charge in [-0.3, -0.25) is 9.59 Å². The molecule has 0 rings (SSSR count). The van der Waals surface area contributed by atoms with Crippen molar-refractivity contribution in [2.75, 3.05) is 13.2 Å². The first-order chi connectivity index (χ1) is 9.41. The monoisotopic (exact) mass is 288 g/mol. The highest BCUT2D eigenvalue weighted by molar-refractivity contribution is 5.90. The molecule has 0 bridgehead atoms. The molecule has 0 fully saturated rings. The number of carboxylic acids is 2. The highest BCUT2D eigenvalue weighted by Gasteiger charge is 2.05. The van der Waals surface area contributed by atoms with Crippen LogP contribution < -0.4 is 0 Å². The second kappa shape index (κ2) is 10.5. The SMILES string of the molecule is O=C(O)/C=C/C(=O)OCCOC(=O)CCCCC(=O)O. The van der Waals surface area contributed by atoms with Crippen molar-refractivity contribution in [3.05, 3.63) is 12.2 Å². The molecule has 0 aromatic rings. The van der Waals surface area contributed by atoms with Gasteiger partial charge in [-0.05, 0) is 12.8 Å². The number of carbonyl (C=O) groups is 4. The second-order valence-electron chi connectivity index (χ2n) is 3.66. The molecule has 0 heterocycles. The molecule has 0 aliphatic carbocycles. The van der Waals surface area contributed by atoms with Crippen LogP contribution >= 0.6 is 0 Å². The second-order valence-corrected chi connectivity index (χ2v) is 3.66. The summed E-state index contributed by atoms with van der Waals surface area (Å²) in [6.07, 6.45) is 2.28. The van der Waals surface area contributed by atoms with E-state index in [1.165, 1.54) is 0 Å². The van der Waals surface area contributed by atoms with Crippen molar-refractivity contribution in [1.82, 2.24) is 0 Å². The van der Waals surface area contributed by atoms with Gasteiger partial charge in [-0.25, -0.2) is 9.59 Å². The molecule has 0 saturated heterocycles. The molecule has 0 amide bonds. The molecule has 0 aliphatic heterocycles. The smallest absolute Gasteiger partial charge is 0.331 e. The van der Waals surface area contributed by atoms with Gasteiger partial charge in [0.1, 0.15) is 13.2 Å². The predicted octanol–water partition coefficient (Wildman–Crippen LogP) is 0.359. The lowest BCUT2D eigenvalue weighted by atomic mass is 10.2. The van der Waals surface area contributed by atoms with Crippen LogP contribution in [0, 0.1) is 0 Å². The average Bonchev–Trinajstić information content (AvgIpc) is 2.37. The van der Waals surface area contributed by atoms with Crippen LogP contribution in [0.5, 0.6) is 0 Å². The molecule has 0 aromatic heterocycles. The summed E-state index contributed by atoms with van der Waals surface area (Å²) in [5.74, 6) is -3.54. The van der Waals surface area contributed by atoms with Crippen LogP contribution in [0.4, 0.5) is 0 Å². The normalized spacial score (nSPS) is 10.2. The fraction of sp³-hybridized carbons (Fsp3) is 0.500. The van der Waals surface area contributed by atoms with Crippen molar-refractivity contribution in [2.24, 2.45) is 0 Å². The highest BCUT2D eigenvalue weighted by Crippen LogP contribution is 2.01. The van der Waals surface area contributed by atoms with Gasteiger partial charge < -0.3 is 19.7 Å². The van der Waals surface area contributed by atoms with Crippen LogP contribution in [0.15, 0.2) is 12.2 Å². The molecule has 0 aliphatic rings. The quantitative estimate of drug-likeness (QED) is 0.335. The number of aliphatic carboxylic acids is 2. The van der Waals surface area contributed by atoms with Crippen LogP contribution in [0.1, 0.15) is 25.7 Å². The minimum atomic E-state index is -1.27. The van der Waals surface area contributed by atoms with E-state index in [0.717, 1.165) is 6.08 Å². The summed E-state index contributed by atoms with van der Waals surface area (Å²) in [6.45, 7) is -0.311. The van der Waals surface area contributed by atoms with Crippen LogP contribution in [0.3, 0.4) is 0 Å². The van der Waals surface area contributed by atoms with E-state index < -0.39 is 23.9 Å². The van der Waals surface area contributed by atoms with Crippen molar-refractivity contribution in [1.29, 1.82) is 0 Å². The Kier molecular flexibility index (Phi) is 9.28. The summed E-state index contributed by atoms with van der Waals surface area (Å²) in [5, 5.41) is 16.6. The molecule has 0 atom stereocenters. The van der Waals surface area contributed by atoms with Gasteiger partial charge in [-0.1, -0.05) is 0 Å². The molecule has 0 spiro atoms. The first-order valence-corrected chi connectivity index (χ1v) is 5.87. The van der Waals surface area contributed by atoms with E-state index in [9.17, 15) is 19.2 Å². The van der Waals surface area contributed by atoms with Gasteiger partial charge in [0.05, 0.1) is 0 Å². The summed E-state index contributed by atoms with van der Waals surface area (Å²) in [4.78, 5) is 42.3. The summed E-state index contributed by atoms with van der Waals surface area (Å²) < 4.78 is 9.28. The van der Waals surface area contributed by atoms with E-state index in [0.29, 0.717) is 18.9 Å². The maximum Gasteiger partial charge on any atom is 0.331 e. The van der Waals surface area contributed by atoms with Crippen molar-refractivity contribution in [3.63, 3.8) is 0 Å². The van der Waals surface area contributed by atoms with Crippen LogP contribution in [0.2, 0.25) is 0 Å². The number of hydrogen-bond acceptors (Lipinski definition) is 6. The highest BCUT2D eigenvalue weighted by atomic mass is 16.6. The Bertz CT molecular complexity index is 385. The molecule has 0 unspecified atom stereocenters. The lowest BCUT2D eigenvalue weighted by Gasteiger charge is -2.04. The van der Waals surface area contributed by atoms with E-state index in [1.54, 1.807) is 0 Å². The van der Waals surface area contributed by atoms with Crippen molar-refractivity contribution >= 4 is 23.9 Å². The minimum Gasteiger partial charge on any atom is -0.481 e. The van der Waals surface area contributed by atoms with Crippen LogP contribution in [-0.4, -0.2) is 47.3 Å². The van der Waals surface area contributed by atoms with Gasteiger partial charge in [0.2, 0.25) is 0 Å². The first kappa shape index (κ1) is 17.6. The minimum absolute atomic E-state index is 0.000799. The van der Waals surface area contributed by atoms with Crippen molar-refractivity contribution < 1.29 is 38.9 Å². The maximum absolute atomic E-state index is 11.1. The lowest BCUT2D eigenvalue weighted by Crippen LogP contribution is -2.13. The fourth-order valence-corrected chi connectivity index (χ4v) is 1.10. The Hall–Kier alpha value is -2.38. The summed E-state index contributed by atoms with van der Waals surface area (Å²) in [5.41, 5.74) is 0. The first-order valence-electron chi connectivity index (χ1n) is 5.87. The Labute approximate surface area is 115 Å². The average molecular weight is 288 g/mol. The predicted molar refractivity (Wildman–Crippen MR) is 64.8 cm³/mol. The number of carbonyl (C=O) groups excluding carboxylic acids is 2. The number of unbranched alkanes of at least 4 members (excludes halogenated alkanes) is 1. The number of ether oxygens (including phenoxy) is 2. The van der Waals surface area contributed by atoms with Gasteiger partial charge in [0.25, 0.3) is 0 Å². The molecular weight excluding hydrogens is 272 g/mol. The van der Waals surface area contributed by atoms with Crippen LogP contribution in [0.25, 0.3) is 0 Å². The fourth-order valence-electron chi connectivity index (χ4n) is 1.10. The zero-order valence-corrected chi connectivity index (χ0v) is 10.7. The molecule has 0 radical (unpaired) electrons. The largest absolute Gasteiger partial charge is 0.481 e. The Morgan fingerprint density at radius 1 is 0.850 bits per heavy atom. The summed E-state index contributed by atoms with van der Waals surface area (Å²) >= 11 is 0. The molecular formula is C12H16O8. The van der Waals surface area contributed by atoms with Crippen LogP contribution in [-0.2, 0) is 28.7 Å². The van der Waals surface area contributed by atoms with Crippen molar-refractivity contribution in [3.8, 4) is 0 Å². The number of rotatable bonds is 10. The standard InChI is InChI=1S/C12H16O8/c13-9(14)3-1-2-4-11(17)19-7-8-20-12(18)6-5-10(15)16/h5-6H,1-4,7-8H2,(H,13,14)(H,15,16)/b6-5+.